The highest BCUT2D eigenvalue weighted by Crippen LogP contribution is 2.57. The maximum absolute atomic E-state index is 14.9. The molecule has 1 aromatic carbocycles. The summed E-state index contributed by atoms with van der Waals surface area (Å²) in [5, 5.41) is 7.20. The van der Waals surface area contributed by atoms with E-state index < -0.39 is 62.4 Å². The molecule has 2 aliphatic heterocycles. The molecule has 0 radical (unpaired) electrons. The lowest BCUT2D eigenvalue weighted by Crippen LogP contribution is -2.52. The number of allylic oxidation sites excluding steroid dienone is 2. The lowest BCUT2D eigenvalue weighted by atomic mass is 9.91. The number of pyridine rings is 1. The second-order valence-corrected chi connectivity index (χ2v) is 19.4. The third kappa shape index (κ3) is 9.74. The Bertz CT molecular complexity index is 2370. The van der Waals surface area contributed by atoms with Crippen LogP contribution in [0.3, 0.4) is 0 Å². The van der Waals surface area contributed by atoms with Crippen molar-refractivity contribution in [3.63, 3.8) is 0 Å². The summed E-state index contributed by atoms with van der Waals surface area (Å²) in [6.07, 6.45) is 8.53. The van der Waals surface area contributed by atoms with Crippen LogP contribution in [0.15, 0.2) is 42.6 Å². The van der Waals surface area contributed by atoms with Crippen molar-refractivity contribution in [3.8, 4) is 17.4 Å². The van der Waals surface area contributed by atoms with Crippen LogP contribution in [-0.2, 0) is 35.7 Å². The number of likely N-dealkylation sites (N-methyl/N-ethyl adjacent to an activating group) is 1. The number of hydrogen-bond acceptors (Lipinski definition) is 12. The molecule has 2 aromatic heterocycles. The van der Waals surface area contributed by atoms with Gasteiger partial charge in [-0.05, 0) is 83.4 Å². The molecular formula is C44H57N7O10S. The number of ketones is 1. The molecule has 18 heteroatoms. The third-order valence-corrected chi connectivity index (χ3v) is 14.0. The lowest BCUT2D eigenvalue weighted by Gasteiger charge is -2.29. The van der Waals surface area contributed by atoms with E-state index in [0.717, 1.165) is 18.4 Å². The summed E-state index contributed by atoms with van der Waals surface area (Å²) in [6, 6.07) is 4.68. The molecule has 4 aliphatic rings. The van der Waals surface area contributed by atoms with Crippen LogP contribution in [0.4, 0.5) is 0 Å². The average Bonchev–Trinajstić information content (AvgIpc) is 4.10. The number of nitrogens with one attached hydrogen (secondary N) is 2. The molecule has 2 N–H and O–H groups in total. The van der Waals surface area contributed by atoms with Gasteiger partial charge in [0.25, 0.3) is 5.91 Å². The Balaban J connectivity index is 1.21. The molecule has 4 heterocycles. The van der Waals surface area contributed by atoms with E-state index in [2.05, 4.69) is 15.1 Å². The van der Waals surface area contributed by atoms with E-state index in [1.807, 2.05) is 45.1 Å². The van der Waals surface area contributed by atoms with Crippen molar-refractivity contribution in [2.45, 2.75) is 121 Å². The monoisotopic (exact) mass is 875 g/mol. The zero-order valence-electron chi connectivity index (χ0n) is 36.2. The summed E-state index contributed by atoms with van der Waals surface area (Å²) in [5.74, 6) is -1.43. The van der Waals surface area contributed by atoms with Gasteiger partial charge in [0.05, 0.1) is 42.0 Å². The summed E-state index contributed by atoms with van der Waals surface area (Å²) in [6.45, 7) is 5.54. The molecule has 1 saturated heterocycles. The van der Waals surface area contributed by atoms with E-state index in [1.165, 1.54) is 26.7 Å². The van der Waals surface area contributed by atoms with E-state index in [0.29, 0.717) is 54.0 Å². The molecule has 5 atom stereocenters. The zero-order chi connectivity index (χ0) is 44.5. The van der Waals surface area contributed by atoms with E-state index in [1.54, 1.807) is 27.3 Å². The summed E-state index contributed by atoms with van der Waals surface area (Å²) in [4.78, 5) is 77.2. The van der Waals surface area contributed by atoms with Crippen molar-refractivity contribution in [2.75, 3.05) is 27.7 Å². The molecule has 62 heavy (non-hydrogen) atoms. The van der Waals surface area contributed by atoms with E-state index in [4.69, 9.17) is 19.2 Å². The molecule has 4 amide bonds. The quantitative estimate of drug-likeness (QED) is 0.249. The van der Waals surface area contributed by atoms with E-state index >= 15 is 0 Å². The third-order valence-electron chi connectivity index (χ3n) is 12.2. The first-order valence-electron chi connectivity index (χ1n) is 21.4. The summed E-state index contributed by atoms with van der Waals surface area (Å²) in [5.41, 5.74) is 0.0767. The standard InChI is InChI=1S/C44H57N7O10S/c1-26(2)60-38-21-37(31-16-17-36(59-6)27(3)40(31)46-38)61-29-20-34-35(52)23-44(43(56)48-62(57,58)30-14-15-30)22-28(44)12-10-8-7-9-11-13-33(42(55)51(34)24-29)45-41(54)32-18-19-50(47-32)25-39(53)49(4)5/h10,12,16-19,21,26,28-30,33-34H,7-9,11,13-15,20,22-25H2,1-6H3,(H,45,54)(H,48,56)/b12-10-/t28-,29+,33-,34-,44+/m0/s1. The molecule has 3 aromatic rings. The maximum Gasteiger partial charge on any atom is 0.272 e. The Morgan fingerprint density at radius 2 is 1.82 bits per heavy atom. The van der Waals surface area contributed by atoms with Gasteiger partial charge < -0.3 is 29.3 Å². The number of benzene rings is 1. The van der Waals surface area contributed by atoms with Crippen molar-refractivity contribution in [1.82, 2.24) is 34.6 Å². The zero-order valence-corrected chi connectivity index (χ0v) is 37.0. The van der Waals surface area contributed by atoms with E-state index in [-0.39, 0.29) is 62.4 Å². The Morgan fingerprint density at radius 3 is 2.53 bits per heavy atom. The van der Waals surface area contributed by atoms with Crippen molar-refractivity contribution >= 4 is 50.3 Å². The number of sulfonamides is 1. The number of amides is 4. The van der Waals surface area contributed by atoms with Gasteiger partial charge in [-0.15, -0.1) is 0 Å². The maximum atomic E-state index is 14.9. The molecule has 0 bridgehead atoms. The number of nitrogens with zero attached hydrogens (tertiary/aromatic N) is 5. The number of methoxy groups -OCH3 is 1. The predicted molar refractivity (Wildman–Crippen MR) is 228 cm³/mol. The fourth-order valence-corrected chi connectivity index (χ4v) is 9.81. The highest BCUT2D eigenvalue weighted by atomic mass is 32.2. The van der Waals surface area contributed by atoms with Gasteiger partial charge in [0.15, 0.2) is 5.78 Å². The number of rotatable bonds is 12. The van der Waals surface area contributed by atoms with Gasteiger partial charge in [0.2, 0.25) is 33.6 Å². The molecular weight excluding hydrogens is 819 g/mol. The summed E-state index contributed by atoms with van der Waals surface area (Å²) >= 11 is 0. The minimum absolute atomic E-state index is 0.0189. The number of carbonyl (C=O) groups excluding carboxylic acids is 5. The van der Waals surface area contributed by atoms with Gasteiger partial charge in [-0.2, -0.15) is 5.10 Å². The van der Waals surface area contributed by atoms with Gasteiger partial charge in [-0.1, -0.05) is 25.0 Å². The van der Waals surface area contributed by atoms with Crippen LogP contribution in [-0.4, -0.2) is 120 Å². The molecule has 334 valence electrons. The highest BCUT2D eigenvalue weighted by Gasteiger charge is 2.61. The molecule has 17 nitrogen and oxygen atoms in total. The smallest absolute Gasteiger partial charge is 0.272 e. The fraction of sp³-hybridized carbons (Fsp3) is 0.568. The van der Waals surface area contributed by atoms with E-state index in [9.17, 15) is 32.4 Å². The number of carbonyl (C=O) groups is 5. The topological polar surface area (TPSA) is 208 Å². The number of aryl methyl sites for hydroxylation is 1. The average molecular weight is 876 g/mol. The van der Waals surface area contributed by atoms with Crippen molar-refractivity contribution < 1.29 is 46.6 Å². The van der Waals surface area contributed by atoms with Crippen LogP contribution < -0.4 is 24.2 Å². The molecule has 0 unspecified atom stereocenters. The Kier molecular flexibility index (Phi) is 13.0. The molecule has 0 spiro atoms. The molecule has 3 fully saturated rings. The first-order valence-corrected chi connectivity index (χ1v) is 23.0. The number of Topliss-reactive ketones (excluding diaryl/α,β-unsaturated/α-hetero) is 1. The summed E-state index contributed by atoms with van der Waals surface area (Å²) in [7, 11) is 0.920. The molecule has 7 rings (SSSR count). The minimum atomic E-state index is -3.90. The van der Waals surface area contributed by atoms with Crippen LogP contribution >= 0.6 is 0 Å². The fourth-order valence-electron chi connectivity index (χ4n) is 8.43. The summed E-state index contributed by atoms with van der Waals surface area (Å²) < 4.78 is 47.9. The van der Waals surface area contributed by atoms with Crippen molar-refractivity contribution in [1.29, 1.82) is 0 Å². The first-order chi connectivity index (χ1) is 29.5. The van der Waals surface area contributed by atoms with Gasteiger partial charge in [-0.3, -0.25) is 33.4 Å². The molecule has 2 aliphatic carbocycles. The Hall–Kier alpha value is -5.52. The lowest BCUT2D eigenvalue weighted by molar-refractivity contribution is -0.140. The van der Waals surface area contributed by atoms with Gasteiger partial charge in [-0.25, -0.2) is 13.4 Å². The Labute approximate surface area is 361 Å². The van der Waals surface area contributed by atoms with Crippen LogP contribution in [0, 0.1) is 18.3 Å². The van der Waals surface area contributed by atoms with Crippen LogP contribution in [0.25, 0.3) is 10.9 Å². The number of fused-ring (bicyclic) bond motifs is 3. The largest absolute Gasteiger partial charge is 0.496 e. The van der Waals surface area contributed by atoms with Crippen LogP contribution in [0.1, 0.15) is 94.1 Å². The van der Waals surface area contributed by atoms with Gasteiger partial charge in [0, 0.05) is 50.1 Å². The number of hydrogen-bond donors (Lipinski definition) is 2. The first kappa shape index (κ1) is 44.5. The highest BCUT2D eigenvalue weighted by molar-refractivity contribution is 7.90. The SMILES string of the molecule is COc1ccc2c(O[C@@H]3C[C@H]4C(=O)C[C@]5(C(=O)NS(=O)(=O)C6CC6)C[C@@H]5/C=C\CCCCC[C@H](NC(=O)c5ccn(CC(=O)N(C)C)n5)C(=O)N4C3)cc(OC(C)C)nc2c1C. The van der Waals surface area contributed by atoms with Crippen molar-refractivity contribution in [3.05, 3.63) is 53.9 Å². The van der Waals surface area contributed by atoms with Crippen molar-refractivity contribution in [2.24, 2.45) is 11.3 Å². The number of aromatic nitrogens is 3. The van der Waals surface area contributed by atoms with Crippen LogP contribution in [0.5, 0.6) is 17.4 Å². The Morgan fingerprint density at radius 1 is 1.05 bits per heavy atom. The minimum Gasteiger partial charge on any atom is -0.496 e. The van der Waals surface area contributed by atoms with Gasteiger partial charge >= 0.3 is 0 Å². The normalized spacial score (nSPS) is 24.9. The predicted octanol–water partition coefficient (Wildman–Crippen LogP) is 3.86. The second-order valence-electron chi connectivity index (χ2n) is 17.5. The second kappa shape index (κ2) is 18.1. The van der Waals surface area contributed by atoms with Crippen LogP contribution in [0.2, 0.25) is 0 Å². The molecule has 2 saturated carbocycles. The number of ether oxygens (including phenoxy) is 3. The van der Waals surface area contributed by atoms with Gasteiger partial charge in [0.1, 0.15) is 35.9 Å².